The smallest absolute Gasteiger partial charge is 0.334 e. The van der Waals surface area contributed by atoms with Gasteiger partial charge in [-0.3, -0.25) is 14.6 Å². The molecule has 0 radical (unpaired) electrons. The number of nitrogens with zero attached hydrogens (tertiary/aromatic N) is 7. The summed E-state index contributed by atoms with van der Waals surface area (Å²) in [6.45, 7) is 0.274. The van der Waals surface area contributed by atoms with E-state index in [9.17, 15) is 19.5 Å². The summed E-state index contributed by atoms with van der Waals surface area (Å²) in [6.07, 6.45) is 1.03. The van der Waals surface area contributed by atoms with Gasteiger partial charge < -0.3 is 24.7 Å². The molecule has 2 N–H and O–H groups in total. The second-order valence-corrected chi connectivity index (χ2v) is 13.1. The highest BCUT2D eigenvalue weighted by Crippen LogP contribution is 2.31. The number of aromatic hydroxyl groups is 1. The lowest BCUT2D eigenvalue weighted by Gasteiger charge is -2.55. The fourth-order valence-corrected chi connectivity index (χ4v) is 7.07. The zero-order valence-corrected chi connectivity index (χ0v) is 28.7. The van der Waals surface area contributed by atoms with Crippen molar-refractivity contribution in [2.75, 3.05) is 13.1 Å². The summed E-state index contributed by atoms with van der Waals surface area (Å²) >= 11 is 0. The number of hydrogen-bond acceptors (Lipinski definition) is 9. The number of carbonyl (C=O) groups excluding carboxylic acids is 3. The molecule has 13 heteroatoms. The van der Waals surface area contributed by atoms with Crippen LogP contribution >= 0.6 is 0 Å². The molecule has 8 rings (SSSR count). The molecule has 2 atom stereocenters. The van der Waals surface area contributed by atoms with Gasteiger partial charge in [0.1, 0.15) is 18.0 Å². The number of rotatable bonds is 9. The predicted octanol–water partition coefficient (Wildman–Crippen LogP) is 4.74. The minimum Gasteiger partial charge on any atom is -0.508 e. The van der Waals surface area contributed by atoms with Crippen molar-refractivity contribution in [1.82, 2.24) is 40.3 Å². The first-order chi connectivity index (χ1) is 25.9. The van der Waals surface area contributed by atoms with Crippen molar-refractivity contribution < 1.29 is 24.0 Å². The van der Waals surface area contributed by atoms with Gasteiger partial charge in [-0.1, -0.05) is 96.2 Å². The zero-order chi connectivity index (χ0) is 36.3. The molecule has 2 aliphatic heterocycles. The number of hydrazine groups is 1. The Morgan fingerprint density at radius 3 is 2.42 bits per heavy atom. The highest BCUT2D eigenvalue weighted by Gasteiger charge is 2.51. The number of phenolic OH excluding ortho intramolecular Hbond substituents is 1. The summed E-state index contributed by atoms with van der Waals surface area (Å²) in [5.74, 6) is 0.134. The number of pyridine rings is 1. The number of benzene rings is 4. The lowest BCUT2D eigenvalue weighted by atomic mass is 9.98. The number of carbonyl (C=O) groups is 3. The van der Waals surface area contributed by atoms with Gasteiger partial charge in [0.15, 0.2) is 0 Å². The van der Waals surface area contributed by atoms with Crippen LogP contribution in [0.2, 0.25) is 0 Å². The standard InChI is InChI=1S/C40H36N8O5/c49-31-18-16-27(17-19-31)21-34-39(51)45(23-30-13-7-15-33-32(30)14-8-20-41-33)25-36-47(34)37(50)26-46(48(36)40(52)42-22-28-9-3-1-4-10-28)24-35-43-38(44-53-35)29-11-5-2-6-12-29/h1-20,34,36,49H,21-26H2,(H,42,52)/t34-,36-/m0/s1. The van der Waals surface area contributed by atoms with Gasteiger partial charge in [-0.2, -0.15) is 9.99 Å². The lowest BCUT2D eigenvalue weighted by molar-refractivity contribution is -0.193. The normalized spacial score (nSPS) is 17.6. The molecule has 4 aromatic carbocycles. The number of urea groups is 1. The maximum Gasteiger partial charge on any atom is 0.334 e. The molecule has 2 aromatic heterocycles. The van der Waals surface area contributed by atoms with Gasteiger partial charge in [-0.25, -0.2) is 9.80 Å². The van der Waals surface area contributed by atoms with Crippen LogP contribution in [-0.4, -0.2) is 83.2 Å². The second-order valence-electron chi connectivity index (χ2n) is 13.1. The van der Waals surface area contributed by atoms with E-state index in [-0.39, 0.29) is 62.6 Å². The van der Waals surface area contributed by atoms with E-state index in [1.807, 2.05) is 91.0 Å². The second kappa shape index (κ2) is 14.6. The minimum absolute atomic E-state index is 0.0275. The number of hydrogen-bond donors (Lipinski definition) is 2. The molecule has 266 valence electrons. The average molecular weight is 709 g/mol. The fourth-order valence-electron chi connectivity index (χ4n) is 7.07. The first-order valence-corrected chi connectivity index (χ1v) is 17.4. The molecule has 6 aromatic rings. The number of fused-ring (bicyclic) bond motifs is 2. The molecule has 4 amide bonds. The van der Waals surface area contributed by atoms with Gasteiger partial charge in [0.25, 0.3) is 0 Å². The molecular weight excluding hydrogens is 672 g/mol. The summed E-state index contributed by atoms with van der Waals surface area (Å²) in [5.41, 5.74) is 4.11. The molecule has 4 heterocycles. The van der Waals surface area contributed by atoms with Crippen LogP contribution in [0.25, 0.3) is 22.3 Å². The van der Waals surface area contributed by atoms with E-state index in [0.29, 0.717) is 5.82 Å². The number of piperazine rings is 1. The maximum absolute atomic E-state index is 14.5. The predicted molar refractivity (Wildman–Crippen MR) is 194 cm³/mol. The van der Waals surface area contributed by atoms with E-state index in [4.69, 9.17) is 4.52 Å². The van der Waals surface area contributed by atoms with Crippen molar-refractivity contribution in [2.45, 2.75) is 38.3 Å². The van der Waals surface area contributed by atoms with Crippen molar-refractivity contribution in [3.8, 4) is 17.1 Å². The third-order valence-corrected chi connectivity index (χ3v) is 9.61. The van der Waals surface area contributed by atoms with Crippen LogP contribution < -0.4 is 5.32 Å². The van der Waals surface area contributed by atoms with E-state index in [1.165, 1.54) is 9.91 Å². The Morgan fingerprint density at radius 2 is 1.62 bits per heavy atom. The van der Waals surface area contributed by atoms with Crippen molar-refractivity contribution in [3.05, 3.63) is 144 Å². The Labute approximate surface area is 305 Å². The first kappa shape index (κ1) is 33.5. The van der Waals surface area contributed by atoms with E-state index in [2.05, 4.69) is 20.4 Å². The molecule has 0 saturated carbocycles. The van der Waals surface area contributed by atoms with Crippen molar-refractivity contribution in [2.24, 2.45) is 0 Å². The highest BCUT2D eigenvalue weighted by molar-refractivity contribution is 5.92. The van der Waals surface area contributed by atoms with Crippen LogP contribution in [0.4, 0.5) is 4.79 Å². The van der Waals surface area contributed by atoms with Gasteiger partial charge in [0.2, 0.25) is 23.5 Å². The SMILES string of the molecule is O=C1[C@H](Cc2ccc(O)cc2)N2C(=O)CN(Cc3nc(-c4ccccc4)no3)N(C(=O)NCc3ccccc3)[C@H]2CN1Cc1cccc2ncccc12. The van der Waals surface area contributed by atoms with Crippen LogP contribution in [-0.2, 0) is 35.6 Å². The Balaban J connectivity index is 1.16. The largest absolute Gasteiger partial charge is 0.508 e. The van der Waals surface area contributed by atoms with Crippen molar-refractivity contribution in [1.29, 1.82) is 0 Å². The lowest BCUT2D eigenvalue weighted by Crippen LogP contribution is -2.76. The zero-order valence-electron chi connectivity index (χ0n) is 28.7. The molecule has 0 aliphatic carbocycles. The van der Waals surface area contributed by atoms with E-state index >= 15 is 0 Å². The molecule has 13 nitrogen and oxygen atoms in total. The number of nitrogens with one attached hydrogen (secondary N) is 1. The fraction of sp³-hybridized carbons (Fsp3) is 0.200. The van der Waals surface area contributed by atoms with Crippen LogP contribution in [0.3, 0.4) is 0 Å². The summed E-state index contributed by atoms with van der Waals surface area (Å²) in [7, 11) is 0. The summed E-state index contributed by atoms with van der Waals surface area (Å²) < 4.78 is 5.64. The minimum atomic E-state index is -0.932. The molecule has 53 heavy (non-hydrogen) atoms. The van der Waals surface area contributed by atoms with E-state index < -0.39 is 18.2 Å². The Morgan fingerprint density at radius 1 is 0.849 bits per heavy atom. The van der Waals surface area contributed by atoms with Crippen molar-refractivity contribution in [3.63, 3.8) is 0 Å². The number of aromatic nitrogens is 3. The average Bonchev–Trinajstić information content (AvgIpc) is 3.66. The summed E-state index contributed by atoms with van der Waals surface area (Å²) in [6, 6.07) is 33.7. The molecular formula is C40H36N8O5. The summed E-state index contributed by atoms with van der Waals surface area (Å²) in [5, 5.41) is 21.2. The van der Waals surface area contributed by atoms with Crippen LogP contribution in [0.15, 0.2) is 126 Å². The van der Waals surface area contributed by atoms with Gasteiger partial charge in [-0.15, -0.1) is 0 Å². The van der Waals surface area contributed by atoms with Crippen LogP contribution in [0, 0.1) is 0 Å². The monoisotopic (exact) mass is 708 g/mol. The Hall–Kier alpha value is -6.60. The van der Waals surface area contributed by atoms with Crippen molar-refractivity contribution >= 4 is 28.7 Å². The first-order valence-electron chi connectivity index (χ1n) is 17.4. The third-order valence-electron chi connectivity index (χ3n) is 9.61. The quantitative estimate of drug-likeness (QED) is 0.217. The maximum atomic E-state index is 14.5. The Kier molecular flexibility index (Phi) is 9.21. The Bertz CT molecular complexity index is 2240. The highest BCUT2D eigenvalue weighted by atomic mass is 16.5. The molecule has 0 bridgehead atoms. The third kappa shape index (κ3) is 7.02. The van der Waals surface area contributed by atoms with Crippen LogP contribution in [0.5, 0.6) is 5.75 Å². The molecule has 0 spiro atoms. The van der Waals surface area contributed by atoms with Gasteiger partial charge in [0, 0.05) is 36.7 Å². The topological polar surface area (TPSA) is 148 Å². The van der Waals surface area contributed by atoms with E-state index in [0.717, 1.165) is 33.2 Å². The van der Waals surface area contributed by atoms with Crippen LogP contribution in [0.1, 0.15) is 22.6 Å². The van der Waals surface area contributed by atoms with Gasteiger partial charge >= 0.3 is 6.03 Å². The molecule has 0 unspecified atom stereocenters. The van der Waals surface area contributed by atoms with Gasteiger partial charge in [-0.05, 0) is 41.0 Å². The number of amides is 4. The van der Waals surface area contributed by atoms with E-state index in [1.54, 1.807) is 40.4 Å². The molecule has 2 aliphatic rings. The molecule has 2 fully saturated rings. The summed E-state index contributed by atoms with van der Waals surface area (Å²) in [4.78, 5) is 55.6. The number of phenols is 1. The van der Waals surface area contributed by atoms with Gasteiger partial charge in [0.05, 0.1) is 25.2 Å². The molecule has 2 saturated heterocycles.